The van der Waals surface area contributed by atoms with Gasteiger partial charge in [0.25, 0.3) is 0 Å². The second-order valence-electron chi connectivity index (χ2n) is 4.08. The summed E-state index contributed by atoms with van der Waals surface area (Å²) in [5, 5.41) is 9.81. The Morgan fingerprint density at radius 1 is 1.05 bits per heavy atom. The van der Waals surface area contributed by atoms with Crippen LogP contribution >= 0.6 is 11.9 Å². The van der Waals surface area contributed by atoms with Crippen molar-refractivity contribution in [3.8, 4) is 6.07 Å². The van der Waals surface area contributed by atoms with Crippen LogP contribution in [0.2, 0.25) is 0 Å². The van der Waals surface area contributed by atoms with Gasteiger partial charge in [0.1, 0.15) is 11.8 Å². The van der Waals surface area contributed by atoms with Crippen molar-refractivity contribution >= 4 is 28.5 Å². The molecule has 0 radical (unpaired) electrons. The summed E-state index contributed by atoms with van der Waals surface area (Å²) in [5.74, 6) is 0. The van der Waals surface area contributed by atoms with Gasteiger partial charge in [-0.15, -0.1) is 0 Å². The lowest BCUT2D eigenvalue weighted by Crippen LogP contribution is -1.91. The van der Waals surface area contributed by atoms with Crippen LogP contribution in [0.15, 0.2) is 59.8 Å². The molecule has 0 aliphatic heterocycles. The first-order valence-corrected chi connectivity index (χ1v) is 6.81. The molecule has 3 rings (SSSR count). The maximum absolute atomic E-state index is 8.71. The number of benzene rings is 1. The molecule has 0 fully saturated rings. The number of rotatable bonds is 3. The van der Waals surface area contributed by atoms with Crippen molar-refractivity contribution in [1.82, 2.24) is 9.97 Å². The number of nitrogens with one attached hydrogen (secondary N) is 1. The molecular formula is C15H10N4S. The van der Waals surface area contributed by atoms with E-state index in [4.69, 9.17) is 5.26 Å². The minimum absolute atomic E-state index is 0.418. The highest BCUT2D eigenvalue weighted by atomic mass is 32.2. The summed E-state index contributed by atoms with van der Waals surface area (Å²) in [6, 6.07) is 15.5. The average Bonchev–Trinajstić information content (AvgIpc) is 2.53. The van der Waals surface area contributed by atoms with Crippen molar-refractivity contribution in [1.29, 1.82) is 5.26 Å². The second kappa shape index (κ2) is 5.59. The molecule has 1 N–H and O–H groups in total. The molecule has 4 nitrogen and oxygen atoms in total. The van der Waals surface area contributed by atoms with E-state index in [1.165, 1.54) is 11.9 Å². The molecule has 0 unspecified atom stereocenters. The Morgan fingerprint density at radius 3 is 2.75 bits per heavy atom. The number of nitriles is 1. The van der Waals surface area contributed by atoms with Crippen LogP contribution in [0.4, 0.5) is 5.69 Å². The summed E-state index contributed by atoms with van der Waals surface area (Å²) in [7, 11) is 0. The number of para-hydroxylation sites is 1. The van der Waals surface area contributed by atoms with Gasteiger partial charge in [0, 0.05) is 22.7 Å². The van der Waals surface area contributed by atoms with E-state index in [1.54, 1.807) is 18.5 Å². The van der Waals surface area contributed by atoms with Crippen molar-refractivity contribution in [3.63, 3.8) is 0 Å². The lowest BCUT2D eigenvalue weighted by molar-refractivity contribution is 1.20. The first kappa shape index (κ1) is 12.5. The van der Waals surface area contributed by atoms with E-state index in [-0.39, 0.29) is 0 Å². The SMILES string of the molecule is N#Cc1ccc(SNc2cccc3cccnc23)cn1. The molecule has 2 heterocycles. The van der Waals surface area contributed by atoms with Crippen molar-refractivity contribution in [2.45, 2.75) is 4.90 Å². The average molecular weight is 278 g/mol. The molecule has 20 heavy (non-hydrogen) atoms. The molecule has 2 aromatic heterocycles. The number of fused-ring (bicyclic) bond motifs is 1. The van der Waals surface area contributed by atoms with E-state index in [1.807, 2.05) is 42.5 Å². The second-order valence-corrected chi connectivity index (χ2v) is 4.96. The van der Waals surface area contributed by atoms with Crippen LogP contribution in [-0.4, -0.2) is 9.97 Å². The van der Waals surface area contributed by atoms with E-state index < -0.39 is 0 Å². The predicted molar refractivity (Wildman–Crippen MR) is 80.2 cm³/mol. The van der Waals surface area contributed by atoms with E-state index in [0.717, 1.165) is 21.5 Å². The van der Waals surface area contributed by atoms with Crippen molar-refractivity contribution < 1.29 is 0 Å². The van der Waals surface area contributed by atoms with Crippen LogP contribution in [0.1, 0.15) is 5.69 Å². The summed E-state index contributed by atoms with van der Waals surface area (Å²) in [5.41, 5.74) is 2.31. The molecule has 3 aromatic rings. The Hall–Kier alpha value is -2.58. The fourth-order valence-corrected chi connectivity index (χ4v) is 2.44. The Balaban J connectivity index is 1.81. The lowest BCUT2D eigenvalue weighted by Gasteiger charge is -2.07. The van der Waals surface area contributed by atoms with Crippen LogP contribution in [-0.2, 0) is 0 Å². The zero-order valence-electron chi connectivity index (χ0n) is 10.4. The van der Waals surface area contributed by atoms with Gasteiger partial charge in [0.05, 0.1) is 11.2 Å². The van der Waals surface area contributed by atoms with E-state index in [0.29, 0.717) is 5.69 Å². The highest BCUT2D eigenvalue weighted by molar-refractivity contribution is 8.00. The topological polar surface area (TPSA) is 61.6 Å². The molecule has 0 amide bonds. The van der Waals surface area contributed by atoms with Gasteiger partial charge in [0.2, 0.25) is 0 Å². The quantitative estimate of drug-likeness (QED) is 0.741. The van der Waals surface area contributed by atoms with Crippen LogP contribution in [0, 0.1) is 11.3 Å². The predicted octanol–water partition coefficient (Wildman–Crippen LogP) is 3.62. The number of nitrogens with zero attached hydrogens (tertiary/aromatic N) is 3. The molecule has 0 aliphatic rings. The third kappa shape index (κ3) is 2.56. The van der Waals surface area contributed by atoms with Gasteiger partial charge in [0.15, 0.2) is 0 Å². The third-order valence-corrected chi connectivity index (χ3v) is 3.56. The number of aromatic nitrogens is 2. The summed E-state index contributed by atoms with van der Waals surface area (Å²) >= 11 is 1.45. The fourth-order valence-electron chi connectivity index (χ4n) is 1.81. The van der Waals surface area contributed by atoms with Gasteiger partial charge in [-0.3, -0.25) is 4.98 Å². The third-order valence-electron chi connectivity index (χ3n) is 2.76. The summed E-state index contributed by atoms with van der Waals surface area (Å²) in [4.78, 5) is 9.36. The monoisotopic (exact) mass is 278 g/mol. The molecule has 0 atom stereocenters. The Kier molecular flexibility index (Phi) is 3.48. The number of hydrogen-bond acceptors (Lipinski definition) is 5. The van der Waals surface area contributed by atoms with Crippen LogP contribution in [0.3, 0.4) is 0 Å². The molecule has 1 aromatic carbocycles. The minimum atomic E-state index is 0.418. The largest absolute Gasteiger partial charge is 0.324 e. The van der Waals surface area contributed by atoms with Crippen molar-refractivity contribution in [3.05, 3.63) is 60.6 Å². The first-order chi connectivity index (χ1) is 9.86. The number of pyridine rings is 2. The molecule has 0 bridgehead atoms. The highest BCUT2D eigenvalue weighted by Crippen LogP contribution is 2.26. The maximum Gasteiger partial charge on any atom is 0.140 e. The smallest absolute Gasteiger partial charge is 0.140 e. The van der Waals surface area contributed by atoms with Gasteiger partial charge in [-0.25, -0.2) is 4.98 Å². The van der Waals surface area contributed by atoms with Crippen LogP contribution < -0.4 is 4.72 Å². The molecule has 5 heteroatoms. The number of anilines is 1. The summed E-state index contributed by atoms with van der Waals surface area (Å²) in [6.45, 7) is 0. The fraction of sp³-hybridized carbons (Fsp3) is 0. The van der Waals surface area contributed by atoms with Gasteiger partial charge in [-0.05, 0) is 36.2 Å². The Bertz CT molecular complexity index is 772. The lowest BCUT2D eigenvalue weighted by atomic mass is 10.2. The van der Waals surface area contributed by atoms with Gasteiger partial charge in [-0.2, -0.15) is 5.26 Å². The zero-order valence-corrected chi connectivity index (χ0v) is 11.3. The molecule has 0 spiro atoms. The summed E-state index contributed by atoms with van der Waals surface area (Å²) < 4.78 is 3.27. The van der Waals surface area contributed by atoms with Gasteiger partial charge < -0.3 is 4.72 Å². The maximum atomic E-state index is 8.71. The molecule has 0 saturated carbocycles. The Morgan fingerprint density at radius 2 is 1.95 bits per heavy atom. The van der Waals surface area contributed by atoms with E-state index in [9.17, 15) is 0 Å². The molecule has 0 saturated heterocycles. The number of hydrogen-bond donors (Lipinski definition) is 1. The first-order valence-electron chi connectivity index (χ1n) is 5.99. The summed E-state index contributed by atoms with van der Waals surface area (Å²) in [6.07, 6.45) is 3.45. The van der Waals surface area contributed by atoms with Crippen molar-refractivity contribution in [2.24, 2.45) is 0 Å². The standard InChI is InChI=1S/C15H10N4S/c16-9-12-6-7-13(10-18-12)20-19-14-5-1-3-11-4-2-8-17-15(11)14/h1-8,10,19H. The van der Waals surface area contributed by atoms with Gasteiger partial charge >= 0.3 is 0 Å². The van der Waals surface area contributed by atoms with Crippen LogP contribution in [0.5, 0.6) is 0 Å². The van der Waals surface area contributed by atoms with Crippen molar-refractivity contribution in [2.75, 3.05) is 4.72 Å². The highest BCUT2D eigenvalue weighted by Gasteiger charge is 2.02. The minimum Gasteiger partial charge on any atom is -0.324 e. The Labute approximate surface area is 120 Å². The zero-order chi connectivity index (χ0) is 13.8. The molecule has 96 valence electrons. The van der Waals surface area contributed by atoms with E-state index in [2.05, 4.69) is 14.7 Å². The van der Waals surface area contributed by atoms with Gasteiger partial charge in [-0.1, -0.05) is 18.2 Å². The van der Waals surface area contributed by atoms with E-state index >= 15 is 0 Å². The molecule has 0 aliphatic carbocycles. The normalized spacial score (nSPS) is 10.2. The van der Waals surface area contributed by atoms with Crippen LogP contribution in [0.25, 0.3) is 10.9 Å². The molecular weight excluding hydrogens is 268 g/mol.